The zero-order valence-electron chi connectivity index (χ0n) is 16.1. The lowest BCUT2D eigenvalue weighted by Gasteiger charge is -2.11. The molecule has 1 heterocycles. The molecule has 0 bridgehead atoms. The van der Waals surface area contributed by atoms with Gasteiger partial charge >= 0.3 is 5.63 Å². The average molecular weight is 407 g/mol. The molecule has 0 spiro atoms. The fraction of sp³-hybridized carbons (Fsp3) is 0.125. The van der Waals surface area contributed by atoms with Gasteiger partial charge in [-0.1, -0.05) is 41.9 Å². The lowest BCUT2D eigenvalue weighted by molar-refractivity contribution is 0.306. The van der Waals surface area contributed by atoms with Crippen LogP contribution in [0.2, 0.25) is 5.02 Å². The molecule has 0 unspecified atom stereocenters. The number of hydrogen-bond acceptors (Lipinski definition) is 4. The Morgan fingerprint density at radius 1 is 0.966 bits per heavy atom. The van der Waals surface area contributed by atoms with Crippen molar-refractivity contribution in [2.24, 2.45) is 0 Å². The molecular formula is C24H19ClO4. The largest absolute Gasteiger partial charge is 0.497 e. The zero-order chi connectivity index (χ0) is 20.4. The van der Waals surface area contributed by atoms with E-state index in [4.69, 9.17) is 25.5 Å². The first-order valence-electron chi connectivity index (χ1n) is 9.15. The molecule has 1 aromatic heterocycles. The Labute approximate surface area is 173 Å². The number of methoxy groups -OCH3 is 1. The monoisotopic (exact) mass is 406 g/mol. The molecule has 0 aliphatic carbocycles. The van der Waals surface area contributed by atoms with E-state index in [0.29, 0.717) is 28.5 Å². The molecular weight excluding hydrogens is 388 g/mol. The van der Waals surface area contributed by atoms with Gasteiger partial charge in [0, 0.05) is 16.0 Å². The maximum atomic E-state index is 12.6. The zero-order valence-corrected chi connectivity index (χ0v) is 16.8. The van der Waals surface area contributed by atoms with Gasteiger partial charge in [0.25, 0.3) is 0 Å². The molecule has 0 saturated heterocycles. The molecule has 4 aromatic rings. The van der Waals surface area contributed by atoms with Crippen LogP contribution in [-0.4, -0.2) is 7.11 Å². The molecule has 0 atom stereocenters. The molecule has 146 valence electrons. The van der Waals surface area contributed by atoms with Crippen LogP contribution in [0.3, 0.4) is 0 Å². The Morgan fingerprint density at radius 2 is 1.69 bits per heavy atom. The lowest BCUT2D eigenvalue weighted by Crippen LogP contribution is -2.06. The summed E-state index contributed by atoms with van der Waals surface area (Å²) < 4.78 is 16.7. The smallest absolute Gasteiger partial charge is 0.344 e. The van der Waals surface area contributed by atoms with Crippen molar-refractivity contribution in [1.29, 1.82) is 0 Å². The molecule has 4 nitrogen and oxygen atoms in total. The van der Waals surface area contributed by atoms with Crippen LogP contribution in [0.1, 0.15) is 11.1 Å². The molecule has 0 aliphatic rings. The van der Waals surface area contributed by atoms with Crippen LogP contribution < -0.4 is 15.1 Å². The summed E-state index contributed by atoms with van der Waals surface area (Å²) in [5.74, 6) is 1.40. The fourth-order valence-corrected chi connectivity index (χ4v) is 3.48. The maximum absolute atomic E-state index is 12.6. The molecule has 0 fully saturated rings. The highest BCUT2D eigenvalue weighted by Gasteiger charge is 2.14. The summed E-state index contributed by atoms with van der Waals surface area (Å²) in [6.45, 7) is 2.27. The maximum Gasteiger partial charge on any atom is 0.344 e. The summed E-state index contributed by atoms with van der Waals surface area (Å²) in [4.78, 5) is 12.6. The van der Waals surface area contributed by atoms with Crippen molar-refractivity contribution in [3.05, 3.63) is 93.3 Å². The summed E-state index contributed by atoms with van der Waals surface area (Å²) in [5.41, 5.74) is 3.21. The van der Waals surface area contributed by atoms with Crippen LogP contribution in [0.4, 0.5) is 0 Å². The second-order valence-electron chi connectivity index (χ2n) is 6.66. The van der Waals surface area contributed by atoms with Gasteiger partial charge in [-0.25, -0.2) is 4.79 Å². The first-order chi connectivity index (χ1) is 14.1. The van der Waals surface area contributed by atoms with Crippen LogP contribution in [-0.2, 0) is 6.61 Å². The fourth-order valence-electron chi connectivity index (χ4n) is 3.29. The minimum Gasteiger partial charge on any atom is -0.497 e. The molecule has 5 heteroatoms. The van der Waals surface area contributed by atoms with Gasteiger partial charge < -0.3 is 13.9 Å². The second kappa shape index (κ2) is 8.02. The van der Waals surface area contributed by atoms with Gasteiger partial charge in [0.05, 0.1) is 12.7 Å². The van der Waals surface area contributed by atoms with Gasteiger partial charge in [-0.05, 0) is 54.4 Å². The summed E-state index contributed by atoms with van der Waals surface area (Å²) >= 11 is 6.20. The summed E-state index contributed by atoms with van der Waals surface area (Å²) in [7, 11) is 1.61. The predicted molar refractivity (Wildman–Crippen MR) is 115 cm³/mol. The van der Waals surface area contributed by atoms with Crippen molar-refractivity contribution in [3.63, 3.8) is 0 Å². The van der Waals surface area contributed by atoms with Gasteiger partial charge in [0.2, 0.25) is 0 Å². The van der Waals surface area contributed by atoms with E-state index in [1.165, 1.54) is 0 Å². The standard InChI is InChI=1S/C24H19ClO4/c1-15-20-13-19(28-14-17-5-3-4-6-21(17)25)11-12-22(20)29-24(26)23(15)16-7-9-18(27-2)10-8-16/h3-13H,14H2,1-2H3. The summed E-state index contributed by atoms with van der Waals surface area (Å²) in [6, 6.07) is 20.3. The minimum atomic E-state index is -0.370. The third-order valence-corrected chi connectivity index (χ3v) is 5.24. The first-order valence-corrected chi connectivity index (χ1v) is 9.52. The molecule has 0 amide bonds. The van der Waals surface area contributed by atoms with E-state index in [1.807, 2.05) is 61.5 Å². The average Bonchev–Trinajstić information content (AvgIpc) is 2.74. The van der Waals surface area contributed by atoms with Gasteiger partial charge in [0.15, 0.2) is 0 Å². The topological polar surface area (TPSA) is 48.7 Å². The molecule has 4 rings (SSSR count). The normalized spacial score (nSPS) is 10.9. The Morgan fingerprint density at radius 3 is 2.41 bits per heavy atom. The highest BCUT2D eigenvalue weighted by molar-refractivity contribution is 6.31. The molecule has 0 aliphatic heterocycles. The minimum absolute atomic E-state index is 0.354. The van der Waals surface area contributed by atoms with Crippen LogP contribution in [0.15, 0.2) is 75.9 Å². The SMILES string of the molecule is COc1ccc(-c2c(C)c3cc(OCc4ccccc4Cl)ccc3oc2=O)cc1. The third kappa shape index (κ3) is 3.84. The molecule has 0 radical (unpaired) electrons. The molecule has 29 heavy (non-hydrogen) atoms. The van der Waals surface area contributed by atoms with Crippen molar-refractivity contribution in [2.45, 2.75) is 13.5 Å². The van der Waals surface area contributed by atoms with Crippen molar-refractivity contribution in [1.82, 2.24) is 0 Å². The van der Waals surface area contributed by atoms with Crippen LogP contribution in [0, 0.1) is 6.92 Å². The highest BCUT2D eigenvalue weighted by Crippen LogP contribution is 2.30. The number of hydrogen-bond donors (Lipinski definition) is 0. The van der Waals surface area contributed by atoms with E-state index in [2.05, 4.69) is 0 Å². The van der Waals surface area contributed by atoms with Crippen LogP contribution in [0.5, 0.6) is 11.5 Å². The highest BCUT2D eigenvalue weighted by atomic mass is 35.5. The Kier molecular flexibility index (Phi) is 5.28. The lowest BCUT2D eigenvalue weighted by atomic mass is 9.99. The van der Waals surface area contributed by atoms with Crippen molar-refractivity contribution in [2.75, 3.05) is 7.11 Å². The molecule has 0 saturated carbocycles. The van der Waals surface area contributed by atoms with Gasteiger partial charge in [-0.15, -0.1) is 0 Å². The van der Waals surface area contributed by atoms with Crippen molar-refractivity contribution in [3.8, 4) is 22.6 Å². The number of aryl methyl sites for hydroxylation is 1. The van der Waals surface area contributed by atoms with E-state index in [0.717, 1.165) is 27.8 Å². The number of halogens is 1. The van der Waals surface area contributed by atoms with E-state index in [9.17, 15) is 4.79 Å². The van der Waals surface area contributed by atoms with Crippen molar-refractivity contribution < 1.29 is 13.9 Å². The number of benzene rings is 3. The molecule has 0 N–H and O–H groups in total. The Hall–Kier alpha value is -3.24. The predicted octanol–water partition coefficient (Wildman–Crippen LogP) is 6.01. The molecule has 3 aromatic carbocycles. The number of ether oxygens (including phenoxy) is 2. The third-order valence-electron chi connectivity index (χ3n) is 4.87. The van der Waals surface area contributed by atoms with Crippen molar-refractivity contribution >= 4 is 22.6 Å². The Balaban J connectivity index is 1.71. The summed E-state index contributed by atoms with van der Waals surface area (Å²) in [6.07, 6.45) is 0. The number of rotatable bonds is 5. The van der Waals surface area contributed by atoms with Crippen LogP contribution in [0.25, 0.3) is 22.1 Å². The van der Waals surface area contributed by atoms with E-state index < -0.39 is 0 Å². The van der Waals surface area contributed by atoms with E-state index in [1.54, 1.807) is 19.2 Å². The van der Waals surface area contributed by atoms with Gasteiger partial charge in [0.1, 0.15) is 23.7 Å². The Bertz CT molecular complexity index is 1230. The van der Waals surface area contributed by atoms with Gasteiger partial charge in [-0.3, -0.25) is 0 Å². The van der Waals surface area contributed by atoms with Gasteiger partial charge in [-0.2, -0.15) is 0 Å². The first kappa shape index (κ1) is 19.1. The quantitative estimate of drug-likeness (QED) is 0.381. The second-order valence-corrected chi connectivity index (χ2v) is 7.06. The van der Waals surface area contributed by atoms with E-state index in [-0.39, 0.29) is 5.63 Å². The number of fused-ring (bicyclic) bond motifs is 1. The summed E-state index contributed by atoms with van der Waals surface area (Å²) in [5, 5.41) is 1.49. The van der Waals surface area contributed by atoms with Crippen LogP contribution >= 0.6 is 11.6 Å². The van der Waals surface area contributed by atoms with E-state index >= 15 is 0 Å².